The van der Waals surface area contributed by atoms with Crippen LogP contribution in [0.4, 0.5) is 5.69 Å². The molecule has 0 radical (unpaired) electrons. The molecule has 0 saturated heterocycles. The number of sulfonamides is 1. The van der Waals surface area contributed by atoms with E-state index in [2.05, 4.69) is 15.5 Å². The van der Waals surface area contributed by atoms with Crippen molar-refractivity contribution in [2.75, 3.05) is 10.6 Å². The van der Waals surface area contributed by atoms with Gasteiger partial charge in [0.25, 0.3) is 0 Å². The van der Waals surface area contributed by atoms with Gasteiger partial charge >= 0.3 is 0 Å². The molecule has 0 aliphatic heterocycles. The monoisotopic (exact) mass is 434 g/mol. The minimum Gasteiger partial charge on any atom is -0.345 e. The average molecular weight is 435 g/mol. The number of anilines is 1. The maximum absolute atomic E-state index is 12.8. The molecular formula is C19H22N4O4S2. The van der Waals surface area contributed by atoms with Crippen molar-refractivity contribution >= 4 is 33.0 Å². The quantitative estimate of drug-likeness (QED) is 0.584. The number of thiophene rings is 1. The van der Waals surface area contributed by atoms with Crippen LogP contribution in [-0.2, 0) is 21.4 Å². The minimum atomic E-state index is -3.67. The van der Waals surface area contributed by atoms with E-state index in [9.17, 15) is 13.2 Å². The van der Waals surface area contributed by atoms with Gasteiger partial charge in [0.05, 0.1) is 23.4 Å². The molecule has 3 rings (SSSR count). The summed E-state index contributed by atoms with van der Waals surface area (Å²) in [6.45, 7) is 3.69. The van der Waals surface area contributed by atoms with Crippen LogP contribution in [0.2, 0.25) is 0 Å². The second-order valence-electron chi connectivity index (χ2n) is 6.53. The molecule has 3 aromatic rings. The molecule has 29 heavy (non-hydrogen) atoms. The number of hydrogen-bond donors (Lipinski definition) is 1. The lowest BCUT2D eigenvalue weighted by molar-refractivity contribution is -0.122. The maximum atomic E-state index is 12.8. The maximum Gasteiger partial charge on any atom is 0.246 e. The third kappa shape index (κ3) is 5.01. The van der Waals surface area contributed by atoms with Gasteiger partial charge in [0.15, 0.2) is 0 Å². The summed E-state index contributed by atoms with van der Waals surface area (Å²) < 4.78 is 31.2. The van der Waals surface area contributed by atoms with Crippen molar-refractivity contribution < 1.29 is 17.7 Å². The fourth-order valence-corrected chi connectivity index (χ4v) is 4.73. The van der Waals surface area contributed by atoms with Gasteiger partial charge in [0, 0.05) is 0 Å². The molecule has 0 aliphatic rings. The molecule has 1 amide bonds. The first kappa shape index (κ1) is 21.0. The minimum absolute atomic E-state index is 0.0131. The summed E-state index contributed by atoms with van der Waals surface area (Å²) in [5.74, 6) is 0.265. The van der Waals surface area contributed by atoms with Crippen LogP contribution in [0.15, 0.2) is 46.3 Å². The van der Waals surface area contributed by atoms with Crippen LogP contribution in [0.1, 0.15) is 24.8 Å². The molecule has 10 heteroatoms. The Hall–Kier alpha value is -2.72. The van der Waals surface area contributed by atoms with E-state index >= 15 is 0 Å². The number of carbonyl (C=O) groups is 1. The predicted octanol–water partition coefficient (Wildman–Crippen LogP) is 2.97. The van der Waals surface area contributed by atoms with Gasteiger partial charge in [-0.2, -0.15) is 4.98 Å². The van der Waals surface area contributed by atoms with E-state index in [1.807, 2.05) is 36.6 Å². The number of aromatic nitrogens is 2. The molecule has 1 N–H and O–H groups in total. The number of carbonyl (C=O) groups excluding carboxylic acids is 1. The van der Waals surface area contributed by atoms with Crippen molar-refractivity contribution in [1.29, 1.82) is 0 Å². The Labute approximate surface area is 173 Å². The van der Waals surface area contributed by atoms with E-state index in [-0.39, 0.29) is 12.4 Å². The number of nitrogens with one attached hydrogen (secondary N) is 1. The van der Waals surface area contributed by atoms with Gasteiger partial charge in [-0.3, -0.25) is 9.10 Å². The highest BCUT2D eigenvalue weighted by Crippen LogP contribution is 2.23. The summed E-state index contributed by atoms with van der Waals surface area (Å²) >= 11 is 1.48. The van der Waals surface area contributed by atoms with Crippen LogP contribution in [0.25, 0.3) is 10.7 Å². The van der Waals surface area contributed by atoms with Crippen LogP contribution < -0.4 is 9.62 Å². The van der Waals surface area contributed by atoms with Gasteiger partial charge in [0.2, 0.25) is 27.6 Å². The lowest BCUT2D eigenvalue weighted by Gasteiger charge is -2.30. The van der Waals surface area contributed by atoms with Crippen LogP contribution in [-0.4, -0.2) is 36.8 Å². The van der Waals surface area contributed by atoms with E-state index in [1.165, 1.54) is 11.3 Å². The summed E-state index contributed by atoms with van der Waals surface area (Å²) in [5, 5.41) is 8.51. The fraction of sp³-hybridized carbons (Fsp3) is 0.316. The van der Waals surface area contributed by atoms with Crippen LogP contribution in [0, 0.1) is 6.92 Å². The van der Waals surface area contributed by atoms with E-state index in [1.54, 1.807) is 19.1 Å². The van der Waals surface area contributed by atoms with Crippen molar-refractivity contribution in [3.8, 4) is 10.7 Å². The van der Waals surface area contributed by atoms with Crippen molar-refractivity contribution in [1.82, 2.24) is 15.5 Å². The Morgan fingerprint density at radius 2 is 2.00 bits per heavy atom. The highest BCUT2D eigenvalue weighted by atomic mass is 32.2. The summed E-state index contributed by atoms with van der Waals surface area (Å²) in [7, 11) is -3.67. The Kier molecular flexibility index (Phi) is 6.33. The van der Waals surface area contributed by atoms with Crippen LogP contribution in [0.5, 0.6) is 0 Å². The van der Waals surface area contributed by atoms with E-state index in [0.29, 0.717) is 17.9 Å². The molecule has 1 atom stereocenters. The molecule has 0 spiro atoms. The first-order valence-corrected chi connectivity index (χ1v) is 11.7. The van der Waals surface area contributed by atoms with E-state index in [4.69, 9.17) is 4.52 Å². The SMILES string of the molecule is CC[C@H](C(=O)NCc1nc(-c2cccs2)no1)N(c1ccc(C)cc1)S(C)(=O)=O. The van der Waals surface area contributed by atoms with Gasteiger partial charge in [0.1, 0.15) is 6.04 Å². The van der Waals surface area contributed by atoms with Gasteiger partial charge in [-0.1, -0.05) is 35.8 Å². The first-order chi connectivity index (χ1) is 13.8. The Morgan fingerprint density at radius 3 is 2.59 bits per heavy atom. The van der Waals surface area contributed by atoms with Gasteiger partial charge in [-0.15, -0.1) is 11.3 Å². The Morgan fingerprint density at radius 1 is 1.28 bits per heavy atom. The van der Waals surface area contributed by atoms with Crippen molar-refractivity contribution in [2.24, 2.45) is 0 Å². The summed E-state index contributed by atoms with van der Waals surface area (Å²) in [6, 6.07) is 9.86. The first-order valence-electron chi connectivity index (χ1n) is 9.00. The Balaban J connectivity index is 1.75. The molecule has 8 nitrogen and oxygen atoms in total. The lowest BCUT2D eigenvalue weighted by atomic mass is 10.1. The molecule has 2 heterocycles. The zero-order valence-corrected chi connectivity index (χ0v) is 18.0. The second kappa shape index (κ2) is 8.75. The van der Waals surface area contributed by atoms with Crippen LogP contribution in [0.3, 0.4) is 0 Å². The number of aryl methyl sites for hydroxylation is 1. The highest BCUT2D eigenvalue weighted by molar-refractivity contribution is 7.92. The number of amides is 1. The van der Waals surface area contributed by atoms with E-state index in [0.717, 1.165) is 21.0 Å². The molecule has 0 fully saturated rings. The summed E-state index contributed by atoms with van der Waals surface area (Å²) in [4.78, 5) is 17.9. The molecule has 2 aromatic heterocycles. The lowest BCUT2D eigenvalue weighted by Crippen LogP contribution is -2.49. The fourth-order valence-electron chi connectivity index (χ4n) is 2.87. The predicted molar refractivity (Wildman–Crippen MR) is 112 cm³/mol. The third-order valence-electron chi connectivity index (χ3n) is 4.24. The second-order valence-corrected chi connectivity index (χ2v) is 9.33. The van der Waals surface area contributed by atoms with E-state index < -0.39 is 22.0 Å². The Bertz CT molecular complexity index is 1060. The molecule has 1 aromatic carbocycles. The van der Waals surface area contributed by atoms with Crippen molar-refractivity contribution in [3.05, 3.63) is 53.2 Å². The molecule has 0 unspecified atom stereocenters. The molecular weight excluding hydrogens is 412 g/mol. The molecule has 0 saturated carbocycles. The molecule has 0 bridgehead atoms. The number of hydrogen-bond acceptors (Lipinski definition) is 7. The highest BCUT2D eigenvalue weighted by Gasteiger charge is 2.31. The normalized spacial score (nSPS) is 12.5. The number of rotatable bonds is 8. The van der Waals surface area contributed by atoms with Crippen LogP contribution >= 0.6 is 11.3 Å². The molecule has 154 valence electrons. The summed E-state index contributed by atoms with van der Waals surface area (Å²) in [6.07, 6.45) is 1.39. The standard InChI is InChI=1S/C19H22N4O4S2/c1-4-15(23(29(3,25)26)14-9-7-13(2)8-10-14)19(24)20-12-17-21-18(22-27-17)16-6-5-11-28-16/h5-11,15H,4,12H2,1-3H3,(H,20,24)/t15-/m1/s1. The summed E-state index contributed by atoms with van der Waals surface area (Å²) in [5.41, 5.74) is 1.44. The average Bonchev–Trinajstić information content (AvgIpc) is 3.35. The zero-order chi connectivity index (χ0) is 21.0. The topological polar surface area (TPSA) is 105 Å². The smallest absolute Gasteiger partial charge is 0.246 e. The zero-order valence-electron chi connectivity index (χ0n) is 16.3. The van der Waals surface area contributed by atoms with Gasteiger partial charge in [-0.25, -0.2) is 8.42 Å². The van der Waals surface area contributed by atoms with Crippen molar-refractivity contribution in [3.63, 3.8) is 0 Å². The van der Waals surface area contributed by atoms with Gasteiger partial charge in [-0.05, 0) is 36.9 Å². The van der Waals surface area contributed by atoms with Gasteiger partial charge < -0.3 is 9.84 Å². The third-order valence-corrected chi connectivity index (χ3v) is 6.29. The number of nitrogens with zero attached hydrogens (tertiary/aromatic N) is 3. The molecule has 0 aliphatic carbocycles. The largest absolute Gasteiger partial charge is 0.345 e. The van der Waals surface area contributed by atoms with Crippen molar-refractivity contribution in [2.45, 2.75) is 32.9 Å². The number of benzene rings is 1.